The molecule has 0 aliphatic carbocycles. The fraction of sp³-hybridized carbons (Fsp3) is 0.400. The summed E-state index contributed by atoms with van der Waals surface area (Å²) in [5.74, 6) is 0. The van der Waals surface area contributed by atoms with Crippen LogP contribution in [0.5, 0.6) is 0 Å². The predicted octanol–water partition coefficient (Wildman–Crippen LogP) is 4.25. The van der Waals surface area contributed by atoms with Gasteiger partial charge in [0.15, 0.2) is 0 Å². The molecule has 0 fully saturated rings. The zero-order chi connectivity index (χ0) is 13.7. The van der Waals surface area contributed by atoms with Crippen molar-refractivity contribution in [2.45, 2.75) is 32.7 Å². The van der Waals surface area contributed by atoms with Crippen LogP contribution in [0, 0.1) is 0 Å². The Morgan fingerprint density at radius 3 is 2.68 bits per heavy atom. The van der Waals surface area contributed by atoms with Gasteiger partial charge in [0, 0.05) is 22.4 Å². The van der Waals surface area contributed by atoms with Crippen molar-refractivity contribution >= 4 is 22.9 Å². The second-order valence-electron chi connectivity index (χ2n) is 4.41. The van der Waals surface area contributed by atoms with Gasteiger partial charge in [-0.25, -0.2) is 0 Å². The van der Waals surface area contributed by atoms with Crippen LogP contribution >= 0.6 is 22.9 Å². The highest BCUT2D eigenvalue weighted by Crippen LogP contribution is 2.26. The maximum absolute atomic E-state index is 6.25. The highest BCUT2D eigenvalue weighted by Gasteiger charge is 2.16. The largest absolute Gasteiger partial charge is 0.309 e. The molecule has 0 amide bonds. The highest BCUT2D eigenvalue weighted by molar-refractivity contribution is 7.11. The molecule has 2 rings (SSSR count). The molecule has 0 bridgehead atoms. The third-order valence-corrected chi connectivity index (χ3v) is 4.61. The molecule has 1 unspecified atom stereocenters. The monoisotopic (exact) mass is 294 g/mol. The maximum Gasteiger partial charge on any atom is 0.0762 e. The Balaban J connectivity index is 2.18. The van der Waals surface area contributed by atoms with Crippen molar-refractivity contribution in [3.8, 4) is 0 Å². The van der Waals surface area contributed by atoms with Gasteiger partial charge < -0.3 is 5.32 Å². The lowest BCUT2D eigenvalue weighted by Gasteiger charge is -2.17. The summed E-state index contributed by atoms with van der Waals surface area (Å²) in [6.07, 6.45) is 3.84. The van der Waals surface area contributed by atoms with Crippen molar-refractivity contribution in [1.29, 1.82) is 0 Å². The van der Waals surface area contributed by atoms with E-state index in [4.69, 9.17) is 11.6 Å². The van der Waals surface area contributed by atoms with Crippen molar-refractivity contribution in [1.82, 2.24) is 10.3 Å². The minimum Gasteiger partial charge on any atom is -0.309 e. The Morgan fingerprint density at radius 2 is 2.05 bits per heavy atom. The third-order valence-electron chi connectivity index (χ3n) is 3.04. The Kier molecular flexibility index (Phi) is 5.37. The van der Waals surface area contributed by atoms with E-state index in [2.05, 4.69) is 36.3 Å². The van der Waals surface area contributed by atoms with E-state index in [9.17, 15) is 0 Å². The van der Waals surface area contributed by atoms with Gasteiger partial charge >= 0.3 is 0 Å². The molecule has 102 valence electrons. The Labute approximate surface area is 123 Å². The van der Waals surface area contributed by atoms with Gasteiger partial charge in [0.05, 0.1) is 16.8 Å². The first-order chi connectivity index (χ1) is 9.24. The van der Waals surface area contributed by atoms with E-state index in [1.807, 2.05) is 23.5 Å². The summed E-state index contributed by atoms with van der Waals surface area (Å²) in [6, 6.07) is 8.38. The van der Waals surface area contributed by atoms with Gasteiger partial charge in [0.25, 0.3) is 0 Å². The Bertz CT molecular complexity index is 524. The molecule has 0 aliphatic rings. The van der Waals surface area contributed by atoms with Crippen molar-refractivity contribution in [3.63, 3.8) is 0 Å². The minimum atomic E-state index is 0.182. The van der Waals surface area contributed by atoms with Crippen LogP contribution < -0.4 is 5.32 Å². The molecule has 0 spiro atoms. The molecule has 2 heterocycles. The number of thiophene rings is 1. The van der Waals surface area contributed by atoms with Crippen LogP contribution in [0.3, 0.4) is 0 Å². The van der Waals surface area contributed by atoms with Crippen LogP contribution in [0.25, 0.3) is 0 Å². The number of likely N-dealkylation sites (N-methyl/N-ethyl adjacent to an activating group) is 1. The average molecular weight is 295 g/mol. The third kappa shape index (κ3) is 3.78. The smallest absolute Gasteiger partial charge is 0.0762 e. The number of nitrogens with zero attached hydrogens (tertiary/aromatic N) is 1. The van der Waals surface area contributed by atoms with Crippen LogP contribution in [0.2, 0.25) is 5.02 Å². The molecule has 0 aliphatic heterocycles. The number of rotatable bonds is 6. The summed E-state index contributed by atoms with van der Waals surface area (Å²) in [7, 11) is 0. The number of halogens is 1. The second kappa shape index (κ2) is 7.04. The number of aryl methyl sites for hydroxylation is 1. The molecule has 0 aromatic carbocycles. The van der Waals surface area contributed by atoms with E-state index in [0.717, 1.165) is 30.1 Å². The molecule has 2 aromatic heterocycles. The van der Waals surface area contributed by atoms with E-state index in [1.165, 1.54) is 9.75 Å². The highest BCUT2D eigenvalue weighted by atomic mass is 35.5. The van der Waals surface area contributed by atoms with Gasteiger partial charge in [-0.2, -0.15) is 0 Å². The van der Waals surface area contributed by atoms with Gasteiger partial charge in [-0.3, -0.25) is 4.98 Å². The summed E-state index contributed by atoms with van der Waals surface area (Å²) in [6.45, 7) is 5.20. The molecular weight excluding hydrogens is 276 g/mol. The van der Waals surface area contributed by atoms with Crippen molar-refractivity contribution < 1.29 is 0 Å². The van der Waals surface area contributed by atoms with E-state index >= 15 is 0 Å². The quantitative estimate of drug-likeness (QED) is 0.861. The molecule has 4 heteroatoms. The fourth-order valence-electron chi connectivity index (χ4n) is 2.09. The van der Waals surface area contributed by atoms with E-state index in [0.29, 0.717) is 0 Å². The lowest BCUT2D eigenvalue weighted by Crippen LogP contribution is -2.23. The van der Waals surface area contributed by atoms with Crippen molar-refractivity contribution in [2.24, 2.45) is 0 Å². The van der Waals surface area contributed by atoms with Gasteiger partial charge in [0.1, 0.15) is 0 Å². The first-order valence-corrected chi connectivity index (χ1v) is 7.85. The fourth-order valence-corrected chi connectivity index (χ4v) is 3.35. The summed E-state index contributed by atoms with van der Waals surface area (Å²) in [5.41, 5.74) is 0.942. The number of hydrogen-bond acceptors (Lipinski definition) is 3. The molecule has 2 aromatic rings. The van der Waals surface area contributed by atoms with Crippen LogP contribution in [-0.2, 0) is 12.8 Å². The van der Waals surface area contributed by atoms with Crippen molar-refractivity contribution in [3.05, 3.63) is 50.9 Å². The first kappa shape index (κ1) is 14.5. The first-order valence-electron chi connectivity index (χ1n) is 6.66. The van der Waals surface area contributed by atoms with Gasteiger partial charge in [-0.15, -0.1) is 11.3 Å². The van der Waals surface area contributed by atoms with Crippen LogP contribution in [0.4, 0.5) is 0 Å². The van der Waals surface area contributed by atoms with Gasteiger partial charge in [0.2, 0.25) is 0 Å². The summed E-state index contributed by atoms with van der Waals surface area (Å²) >= 11 is 8.13. The summed E-state index contributed by atoms with van der Waals surface area (Å²) < 4.78 is 0. The number of pyridine rings is 1. The molecule has 2 nitrogen and oxygen atoms in total. The molecule has 1 atom stereocenters. The van der Waals surface area contributed by atoms with Gasteiger partial charge in [-0.05, 0) is 37.2 Å². The molecule has 0 radical (unpaired) electrons. The minimum absolute atomic E-state index is 0.182. The zero-order valence-electron chi connectivity index (χ0n) is 11.3. The van der Waals surface area contributed by atoms with Crippen LogP contribution in [-0.4, -0.2) is 11.5 Å². The predicted molar refractivity (Wildman–Crippen MR) is 83.1 cm³/mol. The topological polar surface area (TPSA) is 24.9 Å². The molecule has 0 saturated carbocycles. The molecule has 1 N–H and O–H groups in total. The Morgan fingerprint density at radius 1 is 1.26 bits per heavy atom. The Hall–Kier alpha value is -0.900. The van der Waals surface area contributed by atoms with Gasteiger partial charge in [-0.1, -0.05) is 25.4 Å². The summed E-state index contributed by atoms with van der Waals surface area (Å²) in [4.78, 5) is 7.24. The number of aromatic nitrogens is 1. The van der Waals surface area contributed by atoms with Crippen LogP contribution in [0.1, 0.15) is 35.3 Å². The number of nitrogens with one attached hydrogen (secondary N) is 1. The lowest BCUT2D eigenvalue weighted by atomic mass is 10.1. The summed E-state index contributed by atoms with van der Waals surface area (Å²) in [5, 5.41) is 4.21. The van der Waals surface area contributed by atoms with Crippen LogP contribution in [0.15, 0.2) is 30.5 Å². The molecular formula is C15H19ClN2S. The zero-order valence-corrected chi connectivity index (χ0v) is 12.9. The van der Waals surface area contributed by atoms with E-state index in [-0.39, 0.29) is 6.04 Å². The van der Waals surface area contributed by atoms with Crippen molar-refractivity contribution in [2.75, 3.05) is 6.54 Å². The normalized spacial score (nSPS) is 12.6. The molecule has 0 saturated heterocycles. The SMILES string of the molecule is CCNC(Cc1ccc(CC)s1)c1ncccc1Cl. The molecule has 19 heavy (non-hydrogen) atoms. The van der Waals surface area contributed by atoms with E-state index in [1.54, 1.807) is 6.20 Å². The number of hydrogen-bond donors (Lipinski definition) is 1. The standard InChI is InChI=1S/C15H19ClN2S/c1-3-11-7-8-12(19-11)10-14(17-4-2)15-13(16)6-5-9-18-15/h5-9,14,17H,3-4,10H2,1-2H3. The lowest BCUT2D eigenvalue weighted by molar-refractivity contribution is 0.540. The van der Waals surface area contributed by atoms with E-state index < -0.39 is 0 Å². The maximum atomic E-state index is 6.25. The average Bonchev–Trinajstić information content (AvgIpc) is 2.87. The second-order valence-corrected chi connectivity index (χ2v) is 6.07.